The second kappa shape index (κ2) is 7.12. The molecule has 0 fully saturated rings. The van der Waals surface area contributed by atoms with Gasteiger partial charge in [-0.1, -0.05) is 18.2 Å². The molecule has 0 radical (unpaired) electrons. The highest BCUT2D eigenvalue weighted by Gasteiger charge is 2.08. The summed E-state index contributed by atoms with van der Waals surface area (Å²) in [6.07, 6.45) is 1.51. The van der Waals surface area contributed by atoms with Gasteiger partial charge in [-0.05, 0) is 37.6 Å². The Morgan fingerprint density at radius 2 is 1.96 bits per heavy atom. The number of hydrogen-bond acceptors (Lipinski definition) is 6. The first kappa shape index (κ1) is 16.0. The topological polar surface area (TPSA) is 80.0 Å². The Bertz CT molecular complexity index is 833. The molecule has 0 atom stereocenters. The van der Waals surface area contributed by atoms with E-state index in [1.54, 1.807) is 6.07 Å². The number of benzene rings is 1. The van der Waals surface area contributed by atoms with Gasteiger partial charge in [0.05, 0.1) is 5.39 Å². The van der Waals surface area contributed by atoms with Crippen LogP contribution in [0.25, 0.3) is 11.0 Å². The zero-order chi connectivity index (χ0) is 16.9. The number of anilines is 3. The number of nitrogen functional groups attached to an aromatic ring is 1. The van der Waals surface area contributed by atoms with Crippen molar-refractivity contribution in [3.05, 3.63) is 48.3 Å². The molecule has 124 valence electrons. The zero-order valence-electron chi connectivity index (χ0n) is 14.0. The van der Waals surface area contributed by atoms with E-state index in [2.05, 4.69) is 63.3 Å². The number of likely N-dealkylation sites (N-methyl/N-ethyl adjacent to an activating group) is 1. The Hall–Kier alpha value is -2.89. The smallest absolute Gasteiger partial charge is 0.166 e. The summed E-state index contributed by atoms with van der Waals surface area (Å²) in [7, 11) is 0. The molecule has 0 aliphatic carbocycles. The van der Waals surface area contributed by atoms with Crippen molar-refractivity contribution in [1.29, 1.82) is 0 Å². The lowest BCUT2D eigenvalue weighted by atomic mass is 10.2. The summed E-state index contributed by atoms with van der Waals surface area (Å²) >= 11 is 0. The third-order valence-corrected chi connectivity index (χ3v) is 4.03. The predicted molar refractivity (Wildman–Crippen MR) is 99.3 cm³/mol. The van der Waals surface area contributed by atoms with E-state index < -0.39 is 0 Å². The van der Waals surface area contributed by atoms with Gasteiger partial charge in [0.15, 0.2) is 5.65 Å². The molecule has 24 heavy (non-hydrogen) atoms. The molecule has 0 saturated heterocycles. The van der Waals surface area contributed by atoms with E-state index in [1.165, 1.54) is 17.6 Å². The molecule has 3 aromatic rings. The lowest BCUT2D eigenvalue weighted by Gasteiger charge is -2.25. The number of nitrogens with zero attached hydrogens (tertiary/aromatic N) is 4. The fourth-order valence-electron chi connectivity index (χ4n) is 2.77. The molecule has 0 bridgehead atoms. The molecule has 6 heteroatoms. The Kier molecular flexibility index (Phi) is 4.74. The lowest BCUT2D eigenvalue weighted by molar-refractivity contribution is 0.830. The predicted octanol–water partition coefficient (Wildman–Crippen LogP) is 2.85. The second-order valence-electron chi connectivity index (χ2n) is 5.62. The van der Waals surface area contributed by atoms with Crippen LogP contribution < -0.4 is 16.0 Å². The molecule has 0 amide bonds. The first-order valence-electron chi connectivity index (χ1n) is 8.10. The zero-order valence-corrected chi connectivity index (χ0v) is 14.0. The largest absolute Gasteiger partial charge is 0.384 e. The van der Waals surface area contributed by atoms with E-state index in [-0.39, 0.29) is 0 Å². The number of para-hydroxylation sites is 1. The van der Waals surface area contributed by atoms with Crippen molar-refractivity contribution < 1.29 is 0 Å². The molecule has 3 N–H and O–H groups in total. The maximum atomic E-state index is 5.71. The van der Waals surface area contributed by atoms with Crippen molar-refractivity contribution >= 4 is 28.4 Å². The number of pyridine rings is 1. The molecule has 3 rings (SSSR count). The van der Waals surface area contributed by atoms with Gasteiger partial charge in [-0.25, -0.2) is 15.0 Å². The maximum Gasteiger partial charge on any atom is 0.166 e. The van der Waals surface area contributed by atoms with Crippen molar-refractivity contribution in [1.82, 2.24) is 15.0 Å². The van der Waals surface area contributed by atoms with Gasteiger partial charge in [0.1, 0.15) is 18.0 Å². The van der Waals surface area contributed by atoms with Gasteiger partial charge in [-0.2, -0.15) is 0 Å². The van der Waals surface area contributed by atoms with Gasteiger partial charge >= 0.3 is 0 Å². The van der Waals surface area contributed by atoms with Gasteiger partial charge in [0.25, 0.3) is 0 Å². The van der Waals surface area contributed by atoms with Gasteiger partial charge in [-0.15, -0.1) is 0 Å². The van der Waals surface area contributed by atoms with Crippen LogP contribution in [0.3, 0.4) is 0 Å². The summed E-state index contributed by atoms with van der Waals surface area (Å²) in [5, 5.41) is 4.27. The number of nitrogens with two attached hydrogens (primary N) is 1. The van der Waals surface area contributed by atoms with Crippen LogP contribution in [-0.2, 0) is 0 Å². The van der Waals surface area contributed by atoms with Gasteiger partial charge in [-0.3, -0.25) is 0 Å². The fourth-order valence-corrected chi connectivity index (χ4v) is 2.77. The van der Waals surface area contributed by atoms with Crippen molar-refractivity contribution in [3.8, 4) is 0 Å². The van der Waals surface area contributed by atoms with E-state index >= 15 is 0 Å². The third-order valence-electron chi connectivity index (χ3n) is 4.03. The summed E-state index contributed by atoms with van der Waals surface area (Å²) in [5.41, 5.74) is 8.87. The average Bonchev–Trinajstić information content (AvgIpc) is 2.59. The number of nitrogens with one attached hydrogen (secondary N) is 1. The minimum Gasteiger partial charge on any atom is -0.384 e. The first-order valence-corrected chi connectivity index (χ1v) is 8.10. The first-order chi connectivity index (χ1) is 11.7. The molecule has 1 aromatic carbocycles. The highest BCUT2D eigenvalue weighted by molar-refractivity contribution is 5.87. The standard InChI is InChI=1S/C18H22N6/c1-3-24(15-7-5-4-6-13(15)2)11-10-20-17-14-8-9-16(19)23-18(14)22-12-21-17/h4-9,12H,3,10-11H2,1-2H3,(H3,19,20,21,22,23). The molecule has 0 spiro atoms. The highest BCUT2D eigenvalue weighted by Crippen LogP contribution is 2.20. The monoisotopic (exact) mass is 322 g/mol. The van der Waals surface area contributed by atoms with Gasteiger partial charge < -0.3 is 16.0 Å². The molecule has 0 aliphatic heterocycles. The molecule has 0 aliphatic rings. The van der Waals surface area contributed by atoms with Crippen molar-refractivity contribution in [2.45, 2.75) is 13.8 Å². The van der Waals surface area contributed by atoms with E-state index in [1.807, 2.05) is 6.07 Å². The van der Waals surface area contributed by atoms with E-state index in [0.717, 1.165) is 30.8 Å². The molecule has 2 aromatic heterocycles. The fraction of sp³-hybridized carbons (Fsp3) is 0.278. The van der Waals surface area contributed by atoms with Crippen LogP contribution in [0.2, 0.25) is 0 Å². The maximum absolute atomic E-state index is 5.71. The molecule has 2 heterocycles. The van der Waals surface area contributed by atoms with Crippen LogP contribution in [0.5, 0.6) is 0 Å². The van der Waals surface area contributed by atoms with Crippen molar-refractivity contribution in [2.75, 3.05) is 35.6 Å². The van der Waals surface area contributed by atoms with Crippen LogP contribution >= 0.6 is 0 Å². The normalized spacial score (nSPS) is 10.8. The number of hydrogen-bond donors (Lipinski definition) is 2. The number of aromatic nitrogens is 3. The van der Waals surface area contributed by atoms with Crippen molar-refractivity contribution in [2.24, 2.45) is 0 Å². The minimum atomic E-state index is 0.462. The van der Waals surface area contributed by atoms with Crippen LogP contribution in [0.15, 0.2) is 42.7 Å². The van der Waals surface area contributed by atoms with Crippen LogP contribution in [0.4, 0.5) is 17.3 Å². The third kappa shape index (κ3) is 3.37. The summed E-state index contributed by atoms with van der Waals surface area (Å²) < 4.78 is 0. The highest BCUT2D eigenvalue weighted by atomic mass is 15.1. The van der Waals surface area contributed by atoms with Crippen LogP contribution in [0.1, 0.15) is 12.5 Å². The summed E-state index contributed by atoms with van der Waals surface area (Å²) in [4.78, 5) is 15.1. The van der Waals surface area contributed by atoms with Crippen molar-refractivity contribution in [3.63, 3.8) is 0 Å². The summed E-state index contributed by atoms with van der Waals surface area (Å²) in [5.74, 6) is 1.25. The second-order valence-corrected chi connectivity index (χ2v) is 5.62. The molecule has 0 unspecified atom stereocenters. The number of aryl methyl sites for hydroxylation is 1. The van der Waals surface area contributed by atoms with E-state index in [9.17, 15) is 0 Å². The van der Waals surface area contributed by atoms with Gasteiger partial charge in [0, 0.05) is 25.3 Å². The Morgan fingerprint density at radius 1 is 1.12 bits per heavy atom. The summed E-state index contributed by atoms with van der Waals surface area (Å²) in [6, 6.07) is 12.1. The molecule has 0 saturated carbocycles. The number of rotatable bonds is 6. The van der Waals surface area contributed by atoms with Crippen LogP contribution in [-0.4, -0.2) is 34.6 Å². The van der Waals surface area contributed by atoms with E-state index in [4.69, 9.17) is 5.73 Å². The van der Waals surface area contributed by atoms with Crippen LogP contribution in [0, 0.1) is 6.92 Å². The molecule has 6 nitrogen and oxygen atoms in total. The van der Waals surface area contributed by atoms with Gasteiger partial charge in [0.2, 0.25) is 0 Å². The SMILES string of the molecule is CCN(CCNc1ncnc2nc(N)ccc12)c1ccccc1C. The Labute approximate surface area is 141 Å². The summed E-state index contributed by atoms with van der Waals surface area (Å²) in [6.45, 7) is 6.92. The lowest BCUT2D eigenvalue weighted by Crippen LogP contribution is -2.29. The number of fused-ring (bicyclic) bond motifs is 1. The molecular weight excluding hydrogens is 300 g/mol. The Balaban J connectivity index is 1.71. The average molecular weight is 322 g/mol. The minimum absolute atomic E-state index is 0.462. The quantitative estimate of drug-likeness (QED) is 0.726. The van der Waals surface area contributed by atoms with E-state index in [0.29, 0.717) is 11.5 Å². The Morgan fingerprint density at radius 3 is 2.75 bits per heavy atom. The molecular formula is C18H22N6.